The van der Waals surface area contributed by atoms with Crippen molar-refractivity contribution in [2.75, 3.05) is 13.7 Å². The van der Waals surface area contributed by atoms with Crippen LogP contribution in [0.3, 0.4) is 0 Å². The first-order valence-electron chi connectivity index (χ1n) is 7.88. The summed E-state index contributed by atoms with van der Waals surface area (Å²) in [7, 11) is 1.36. The Morgan fingerprint density at radius 2 is 2.13 bits per heavy atom. The van der Waals surface area contributed by atoms with Crippen molar-refractivity contribution in [3.05, 3.63) is 48.0 Å². The summed E-state index contributed by atoms with van der Waals surface area (Å²) in [6, 6.07) is 9.84. The van der Waals surface area contributed by atoms with Gasteiger partial charge in [-0.1, -0.05) is 42.5 Å². The van der Waals surface area contributed by atoms with Crippen molar-refractivity contribution < 1.29 is 19.1 Å². The van der Waals surface area contributed by atoms with Crippen molar-refractivity contribution >= 4 is 11.9 Å². The standard InChI is InChI=1S/C18H19NO4/c1-11(12-6-4-3-5-7-12)19-10-18-9-8-13(23-18)14(17(21)22-2)15(18)16(19)20/h3-9,11,13-15H,10H2,1-2H3/t11-,13+,14+,15-,18+/m1/s1. The van der Waals surface area contributed by atoms with Crippen molar-refractivity contribution in [2.45, 2.75) is 24.7 Å². The van der Waals surface area contributed by atoms with E-state index in [0.29, 0.717) is 6.54 Å². The molecule has 2 fully saturated rings. The predicted octanol–water partition coefficient (Wildman–Crippen LogP) is 1.70. The zero-order valence-corrected chi connectivity index (χ0v) is 13.1. The summed E-state index contributed by atoms with van der Waals surface area (Å²) in [6.07, 6.45) is 3.50. The van der Waals surface area contributed by atoms with Crippen molar-refractivity contribution in [3.63, 3.8) is 0 Å². The van der Waals surface area contributed by atoms with Gasteiger partial charge in [-0.2, -0.15) is 0 Å². The number of nitrogens with zero attached hydrogens (tertiary/aromatic N) is 1. The van der Waals surface area contributed by atoms with Crippen molar-refractivity contribution in [3.8, 4) is 0 Å². The second-order valence-electron chi connectivity index (χ2n) is 6.48. The van der Waals surface area contributed by atoms with Gasteiger partial charge >= 0.3 is 5.97 Å². The molecule has 1 spiro atoms. The molecule has 120 valence electrons. The first-order valence-corrected chi connectivity index (χ1v) is 7.88. The molecule has 5 nitrogen and oxygen atoms in total. The molecular formula is C18H19NO4. The number of fused-ring (bicyclic) bond motifs is 1. The van der Waals surface area contributed by atoms with Crippen LogP contribution in [0.25, 0.3) is 0 Å². The molecule has 1 aromatic rings. The van der Waals surface area contributed by atoms with E-state index in [9.17, 15) is 9.59 Å². The number of benzene rings is 1. The number of hydrogen-bond donors (Lipinski definition) is 0. The lowest BCUT2D eigenvalue weighted by Gasteiger charge is -2.27. The Labute approximate surface area is 134 Å². The molecule has 0 radical (unpaired) electrons. The maximum absolute atomic E-state index is 13.0. The summed E-state index contributed by atoms with van der Waals surface area (Å²) in [5, 5.41) is 0. The lowest BCUT2D eigenvalue weighted by molar-refractivity contribution is -0.151. The number of esters is 1. The first kappa shape index (κ1) is 14.5. The van der Waals surface area contributed by atoms with E-state index >= 15 is 0 Å². The number of amides is 1. The van der Waals surface area contributed by atoms with E-state index in [4.69, 9.17) is 9.47 Å². The number of rotatable bonds is 3. The number of methoxy groups -OCH3 is 1. The van der Waals surface area contributed by atoms with Crippen molar-refractivity contribution in [1.29, 1.82) is 0 Å². The number of hydrogen-bond acceptors (Lipinski definition) is 4. The number of carbonyl (C=O) groups excluding carboxylic acids is 2. The van der Waals surface area contributed by atoms with Crippen LogP contribution in [0.15, 0.2) is 42.5 Å². The molecule has 0 saturated carbocycles. The largest absolute Gasteiger partial charge is 0.469 e. The van der Waals surface area contributed by atoms with Gasteiger partial charge in [0.15, 0.2) is 0 Å². The first-order chi connectivity index (χ1) is 11.1. The summed E-state index contributed by atoms with van der Waals surface area (Å²) < 4.78 is 10.9. The third kappa shape index (κ3) is 1.89. The van der Waals surface area contributed by atoms with Crippen molar-refractivity contribution in [1.82, 2.24) is 4.90 Å². The molecule has 1 aromatic carbocycles. The van der Waals surface area contributed by atoms with Crippen LogP contribution >= 0.6 is 0 Å². The topological polar surface area (TPSA) is 55.8 Å². The van der Waals surface area contributed by atoms with Crippen LogP contribution in [-0.4, -0.2) is 42.1 Å². The van der Waals surface area contributed by atoms with Crippen LogP contribution in [0.2, 0.25) is 0 Å². The lowest BCUT2D eigenvalue weighted by Crippen LogP contribution is -2.39. The van der Waals surface area contributed by atoms with E-state index in [1.807, 2.05) is 54.3 Å². The third-order valence-electron chi connectivity index (χ3n) is 5.35. The van der Waals surface area contributed by atoms with Gasteiger partial charge in [0.05, 0.1) is 31.7 Å². The molecule has 0 aliphatic carbocycles. The minimum Gasteiger partial charge on any atom is -0.469 e. The smallest absolute Gasteiger partial charge is 0.312 e. The Hall–Kier alpha value is -2.14. The van der Waals surface area contributed by atoms with Gasteiger partial charge in [0.2, 0.25) is 5.91 Å². The molecule has 3 heterocycles. The molecule has 3 aliphatic heterocycles. The monoisotopic (exact) mass is 313 g/mol. The normalized spacial score (nSPS) is 35.5. The average Bonchev–Trinajstić information content (AvgIpc) is 3.22. The van der Waals surface area contributed by atoms with Crippen LogP contribution in [0.1, 0.15) is 18.5 Å². The Balaban J connectivity index is 1.67. The van der Waals surface area contributed by atoms with Crippen LogP contribution in [0.4, 0.5) is 0 Å². The van der Waals surface area contributed by atoms with Gasteiger partial charge in [-0.25, -0.2) is 0 Å². The number of likely N-dealkylation sites (tertiary alicyclic amines) is 1. The van der Waals surface area contributed by atoms with Gasteiger partial charge in [-0.15, -0.1) is 0 Å². The Bertz CT molecular complexity index is 686. The average molecular weight is 313 g/mol. The van der Waals surface area contributed by atoms with Crippen LogP contribution in [0, 0.1) is 11.8 Å². The molecule has 0 unspecified atom stereocenters. The summed E-state index contributed by atoms with van der Waals surface area (Å²) >= 11 is 0. The Morgan fingerprint density at radius 3 is 2.83 bits per heavy atom. The zero-order valence-electron chi connectivity index (χ0n) is 13.1. The van der Waals surface area contributed by atoms with Gasteiger partial charge in [-0.05, 0) is 12.5 Å². The van der Waals surface area contributed by atoms with Crippen LogP contribution in [0.5, 0.6) is 0 Å². The Kier molecular flexibility index (Phi) is 3.10. The molecule has 0 aromatic heterocycles. The molecule has 1 amide bonds. The molecule has 4 rings (SSSR count). The number of ether oxygens (including phenoxy) is 2. The van der Waals surface area contributed by atoms with Gasteiger partial charge in [0.25, 0.3) is 0 Å². The maximum Gasteiger partial charge on any atom is 0.312 e. The lowest BCUT2D eigenvalue weighted by atomic mass is 9.77. The second kappa shape index (κ2) is 4.93. The van der Waals surface area contributed by atoms with Crippen molar-refractivity contribution in [2.24, 2.45) is 11.8 Å². The predicted molar refractivity (Wildman–Crippen MR) is 82.3 cm³/mol. The Morgan fingerprint density at radius 1 is 1.39 bits per heavy atom. The highest BCUT2D eigenvalue weighted by Crippen LogP contribution is 2.53. The molecule has 3 aliphatic rings. The highest BCUT2D eigenvalue weighted by molar-refractivity contribution is 5.91. The van der Waals surface area contributed by atoms with Gasteiger partial charge in [-0.3, -0.25) is 9.59 Å². The number of carbonyl (C=O) groups is 2. The fourth-order valence-corrected chi connectivity index (χ4v) is 4.17. The van der Waals surface area contributed by atoms with E-state index in [1.54, 1.807) is 0 Å². The molecular weight excluding hydrogens is 294 g/mol. The quantitative estimate of drug-likeness (QED) is 0.629. The fourth-order valence-electron chi connectivity index (χ4n) is 4.17. The SMILES string of the molecule is COC(=O)[C@H]1[C@@H]2C=C[C@@]3(CN([C@H](C)c4ccccc4)C(=O)[C@@H]13)O2. The van der Waals surface area contributed by atoms with Crippen LogP contribution < -0.4 is 0 Å². The maximum atomic E-state index is 13.0. The summed E-state index contributed by atoms with van der Waals surface area (Å²) in [5.74, 6) is -1.40. The summed E-state index contributed by atoms with van der Waals surface area (Å²) in [4.78, 5) is 27.0. The highest BCUT2D eigenvalue weighted by Gasteiger charge is 2.67. The molecule has 5 heteroatoms. The highest BCUT2D eigenvalue weighted by atomic mass is 16.5. The minimum atomic E-state index is -0.677. The van der Waals surface area contributed by atoms with Gasteiger partial charge < -0.3 is 14.4 Å². The fraction of sp³-hybridized carbons (Fsp3) is 0.444. The molecule has 0 N–H and O–H groups in total. The van der Waals surface area contributed by atoms with E-state index in [-0.39, 0.29) is 24.0 Å². The minimum absolute atomic E-state index is 0.0244. The van der Waals surface area contributed by atoms with Gasteiger partial charge in [0, 0.05) is 0 Å². The molecule has 23 heavy (non-hydrogen) atoms. The van der Waals surface area contributed by atoms with E-state index in [1.165, 1.54) is 7.11 Å². The van der Waals surface area contributed by atoms with E-state index < -0.39 is 17.4 Å². The zero-order chi connectivity index (χ0) is 16.2. The second-order valence-corrected chi connectivity index (χ2v) is 6.48. The van der Waals surface area contributed by atoms with Crippen LogP contribution in [-0.2, 0) is 19.1 Å². The third-order valence-corrected chi connectivity index (χ3v) is 5.35. The van der Waals surface area contributed by atoms with Gasteiger partial charge in [0.1, 0.15) is 11.5 Å². The molecule has 5 atom stereocenters. The van der Waals surface area contributed by atoms with E-state index in [2.05, 4.69) is 0 Å². The van der Waals surface area contributed by atoms with E-state index in [0.717, 1.165) is 5.56 Å². The molecule has 2 bridgehead atoms. The molecule has 2 saturated heterocycles. The summed E-state index contributed by atoms with van der Waals surface area (Å²) in [6.45, 7) is 2.49. The summed E-state index contributed by atoms with van der Waals surface area (Å²) in [5.41, 5.74) is 0.397.